The predicted octanol–water partition coefficient (Wildman–Crippen LogP) is 1.31. The highest BCUT2D eigenvalue weighted by molar-refractivity contribution is 5.95. The number of anilines is 1. The Morgan fingerprint density at radius 2 is 1.62 bits per heavy atom. The number of rotatable bonds is 8. The van der Waals surface area contributed by atoms with E-state index in [0.717, 1.165) is 12.0 Å². The summed E-state index contributed by atoms with van der Waals surface area (Å²) in [5.74, 6) is -0.652. The summed E-state index contributed by atoms with van der Waals surface area (Å²) in [6.45, 7) is 10.2. The summed E-state index contributed by atoms with van der Waals surface area (Å²) in [5, 5.41) is 16.5. The standard InChI is InChI=1S/C14H21N3O3.C4H10N2O.C2H6/c1-9(2)13(15)14(20)16-7-12(19)17-11-5-3-10(8-18)4-6-11;1-2-3-6-4(5)7;1-2/h3-6,9,13,18H,7-8,15H2,1-2H3,(H,16,20)(H,17,19);2-3H2,1H3,(H3,5,6,7);1-2H3. The second-order valence-corrected chi connectivity index (χ2v) is 6.18. The number of benzene rings is 1. The molecule has 0 fully saturated rings. The van der Waals surface area contributed by atoms with Gasteiger partial charge in [0.25, 0.3) is 0 Å². The molecule has 9 nitrogen and oxygen atoms in total. The van der Waals surface area contributed by atoms with Crippen LogP contribution in [0.3, 0.4) is 0 Å². The van der Waals surface area contributed by atoms with Gasteiger partial charge in [0.05, 0.1) is 19.2 Å². The Morgan fingerprint density at radius 3 is 2.00 bits per heavy atom. The monoisotopic (exact) mass is 411 g/mol. The highest BCUT2D eigenvalue weighted by atomic mass is 16.3. The van der Waals surface area contributed by atoms with Crippen molar-refractivity contribution in [3.8, 4) is 0 Å². The van der Waals surface area contributed by atoms with Gasteiger partial charge in [-0.3, -0.25) is 9.59 Å². The van der Waals surface area contributed by atoms with E-state index in [0.29, 0.717) is 12.2 Å². The van der Waals surface area contributed by atoms with Crippen LogP contribution in [-0.2, 0) is 16.2 Å². The SMILES string of the molecule is CC.CC(C)C(N)C(=O)NCC(=O)Nc1ccc(CO)cc1.CCCNC(N)=O. The molecule has 0 bridgehead atoms. The second kappa shape index (κ2) is 17.4. The molecule has 0 aliphatic carbocycles. The summed E-state index contributed by atoms with van der Waals surface area (Å²) in [5.41, 5.74) is 11.8. The van der Waals surface area contributed by atoms with Crippen LogP contribution in [0.2, 0.25) is 0 Å². The van der Waals surface area contributed by atoms with Crippen LogP contribution < -0.4 is 27.4 Å². The Labute approximate surface area is 173 Å². The molecule has 0 heterocycles. The number of hydrogen-bond acceptors (Lipinski definition) is 5. The van der Waals surface area contributed by atoms with E-state index in [1.807, 2.05) is 34.6 Å². The van der Waals surface area contributed by atoms with Gasteiger partial charge in [-0.05, 0) is 30.0 Å². The first-order valence-electron chi connectivity index (χ1n) is 9.77. The highest BCUT2D eigenvalue weighted by Gasteiger charge is 2.17. The van der Waals surface area contributed by atoms with Crippen LogP contribution in [0.5, 0.6) is 0 Å². The molecule has 1 rings (SSSR count). The van der Waals surface area contributed by atoms with Crippen LogP contribution in [0.25, 0.3) is 0 Å². The fourth-order valence-corrected chi connectivity index (χ4v) is 1.73. The molecule has 166 valence electrons. The van der Waals surface area contributed by atoms with Crippen molar-refractivity contribution in [2.45, 2.75) is 53.7 Å². The Bertz CT molecular complexity index is 591. The number of carbonyl (C=O) groups is 3. The van der Waals surface area contributed by atoms with Crippen molar-refractivity contribution < 1.29 is 19.5 Å². The number of aliphatic hydroxyl groups is 1. The van der Waals surface area contributed by atoms with E-state index in [-0.39, 0.29) is 30.9 Å². The summed E-state index contributed by atoms with van der Waals surface area (Å²) < 4.78 is 0. The maximum absolute atomic E-state index is 11.6. The zero-order valence-electron chi connectivity index (χ0n) is 18.1. The third-order valence-electron chi connectivity index (χ3n) is 3.41. The molecule has 4 amide bonds. The van der Waals surface area contributed by atoms with E-state index in [1.165, 1.54) is 0 Å². The smallest absolute Gasteiger partial charge is 0.312 e. The van der Waals surface area contributed by atoms with Crippen molar-refractivity contribution in [3.63, 3.8) is 0 Å². The van der Waals surface area contributed by atoms with E-state index in [1.54, 1.807) is 24.3 Å². The molecule has 0 saturated heterocycles. The average Bonchev–Trinajstić information content (AvgIpc) is 2.72. The van der Waals surface area contributed by atoms with E-state index in [9.17, 15) is 14.4 Å². The molecule has 1 aromatic carbocycles. The molecule has 1 atom stereocenters. The van der Waals surface area contributed by atoms with Crippen molar-refractivity contribution in [3.05, 3.63) is 29.8 Å². The van der Waals surface area contributed by atoms with E-state index in [4.69, 9.17) is 16.6 Å². The lowest BCUT2D eigenvalue weighted by molar-refractivity contribution is -0.125. The zero-order valence-corrected chi connectivity index (χ0v) is 18.1. The highest BCUT2D eigenvalue weighted by Crippen LogP contribution is 2.09. The predicted molar refractivity (Wildman–Crippen MR) is 116 cm³/mol. The number of aliphatic hydroxyl groups excluding tert-OH is 1. The molecule has 0 saturated carbocycles. The van der Waals surface area contributed by atoms with Gasteiger partial charge >= 0.3 is 6.03 Å². The maximum Gasteiger partial charge on any atom is 0.312 e. The van der Waals surface area contributed by atoms with Gasteiger partial charge in [0, 0.05) is 12.2 Å². The third-order valence-corrected chi connectivity index (χ3v) is 3.41. The van der Waals surface area contributed by atoms with Crippen LogP contribution >= 0.6 is 0 Å². The van der Waals surface area contributed by atoms with Gasteiger partial charge in [-0.25, -0.2) is 4.79 Å². The second-order valence-electron chi connectivity index (χ2n) is 6.18. The Kier molecular flexibility index (Phi) is 17.2. The van der Waals surface area contributed by atoms with E-state index in [2.05, 4.69) is 16.0 Å². The Balaban J connectivity index is 0. The number of primary amides is 1. The number of nitrogens with one attached hydrogen (secondary N) is 3. The number of hydrogen-bond donors (Lipinski definition) is 6. The van der Waals surface area contributed by atoms with Crippen LogP contribution in [0, 0.1) is 5.92 Å². The van der Waals surface area contributed by atoms with Crippen LogP contribution in [0.15, 0.2) is 24.3 Å². The van der Waals surface area contributed by atoms with Crippen LogP contribution in [-0.4, -0.2) is 42.1 Å². The average molecular weight is 412 g/mol. The van der Waals surface area contributed by atoms with E-state index < -0.39 is 12.1 Å². The summed E-state index contributed by atoms with van der Waals surface area (Å²) in [6, 6.07) is 5.73. The first kappa shape index (κ1) is 28.6. The molecule has 0 aliphatic heterocycles. The van der Waals surface area contributed by atoms with Crippen LogP contribution in [0.4, 0.5) is 10.5 Å². The Morgan fingerprint density at radius 1 is 1.07 bits per heavy atom. The number of carbonyl (C=O) groups excluding carboxylic acids is 3. The number of nitrogens with two attached hydrogens (primary N) is 2. The van der Waals surface area contributed by atoms with E-state index >= 15 is 0 Å². The maximum atomic E-state index is 11.6. The minimum absolute atomic E-state index is 0.0177. The minimum atomic E-state index is -0.619. The topological polar surface area (TPSA) is 160 Å². The van der Waals surface area contributed by atoms with Crippen molar-refractivity contribution in [1.29, 1.82) is 0 Å². The van der Waals surface area contributed by atoms with Crippen molar-refractivity contribution >= 4 is 23.5 Å². The normalized spacial score (nSPS) is 10.5. The lowest BCUT2D eigenvalue weighted by Crippen LogP contribution is -2.46. The number of urea groups is 1. The molecule has 8 N–H and O–H groups in total. The molecule has 1 aromatic rings. The van der Waals surface area contributed by atoms with Gasteiger partial charge in [-0.2, -0.15) is 0 Å². The Hall–Kier alpha value is -2.65. The third kappa shape index (κ3) is 15.0. The first-order valence-corrected chi connectivity index (χ1v) is 9.77. The fourth-order valence-electron chi connectivity index (χ4n) is 1.73. The molecule has 0 spiro atoms. The zero-order chi connectivity index (χ0) is 22.8. The largest absolute Gasteiger partial charge is 0.392 e. The van der Waals surface area contributed by atoms with Gasteiger partial charge in [0.1, 0.15) is 0 Å². The summed E-state index contributed by atoms with van der Waals surface area (Å²) in [6.07, 6.45) is 0.933. The minimum Gasteiger partial charge on any atom is -0.392 e. The van der Waals surface area contributed by atoms with Gasteiger partial charge in [0.2, 0.25) is 11.8 Å². The summed E-state index contributed by atoms with van der Waals surface area (Å²) in [7, 11) is 0. The molecule has 1 unspecified atom stereocenters. The molecular weight excluding hydrogens is 374 g/mol. The summed E-state index contributed by atoms with van der Waals surface area (Å²) in [4.78, 5) is 33.1. The van der Waals surface area contributed by atoms with Crippen molar-refractivity contribution in [2.24, 2.45) is 17.4 Å². The van der Waals surface area contributed by atoms with Crippen molar-refractivity contribution in [1.82, 2.24) is 10.6 Å². The van der Waals surface area contributed by atoms with Gasteiger partial charge in [-0.15, -0.1) is 0 Å². The molecular formula is C20H37N5O4. The first-order chi connectivity index (χ1) is 13.7. The molecule has 9 heteroatoms. The number of amides is 4. The van der Waals surface area contributed by atoms with Crippen molar-refractivity contribution in [2.75, 3.05) is 18.4 Å². The molecule has 29 heavy (non-hydrogen) atoms. The quantitative estimate of drug-likeness (QED) is 0.380. The lowest BCUT2D eigenvalue weighted by atomic mass is 10.1. The molecule has 0 radical (unpaired) electrons. The van der Waals surface area contributed by atoms with Gasteiger partial charge < -0.3 is 32.5 Å². The van der Waals surface area contributed by atoms with Gasteiger partial charge in [-0.1, -0.05) is 46.8 Å². The fraction of sp³-hybridized carbons (Fsp3) is 0.550. The summed E-state index contributed by atoms with van der Waals surface area (Å²) >= 11 is 0. The molecule has 0 aliphatic rings. The molecule has 0 aromatic heterocycles. The lowest BCUT2D eigenvalue weighted by Gasteiger charge is -2.15. The van der Waals surface area contributed by atoms with Crippen LogP contribution in [0.1, 0.15) is 46.6 Å². The van der Waals surface area contributed by atoms with Gasteiger partial charge in [0.15, 0.2) is 0 Å².